The van der Waals surface area contributed by atoms with Gasteiger partial charge in [-0.15, -0.1) is 0 Å². The monoisotopic (exact) mass is 407 g/mol. The van der Waals surface area contributed by atoms with Crippen molar-refractivity contribution in [3.63, 3.8) is 0 Å². The highest BCUT2D eigenvalue weighted by Gasteiger charge is 2.42. The Morgan fingerprint density at radius 3 is 2.63 bits per heavy atom. The van der Waals surface area contributed by atoms with Gasteiger partial charge in [-0.05, 0) is 42.7 Å². The number of aromatic hydroxyl groups is 1. The number of hydrogen-bond acceptors (Lipinski definition) is 5. The number of aromatic amines is 1. The number of ether oxygens (including phenoxy) is 1. The molecule has 4 rings (SSSR count). The number of amides is 1. The fourth-order valence-electron chi connectivity index (χ4n) is 3.86. The number of phenolic OH excluding ortho intramolecular Hbond substituents is 1. The van der Waals surface area contributed by atoms with Crippen molar-refractivity contribution >= 4 is 5.91 Å². The summed E-state index contributed by atoms with van der Waals surface area (Å²) in [5.41, 5.74) is 3.20. The smallest absolute Gasteiger partial charge is 0.273 e. The summed E-state index contributed by atoms with van der Waals surface area (Å²) in [6.45, 7) is 3.11. The number of fused-ring (bicyclic) bond motifs is 1. The van der Waals surface area contributed by atoms with Gasteiger partial charge in [0, 0.05) is 24.3 Å². The quantitative estimate of drug-likeness (QED) is 0.531. The largest absolute Gasteiger partial charge is 0.507 e. The summed E-state index contributed by atoms with van der Waals surface area (Å²) in [6, 6.07) is 14.3. The first-order valence-electron chi connectivity index (χ1n) is 10.2. The third kappa shape index (κ3) is 3.52. The molecule has 3 N–H and O–H groups in total. The van der Waals surface area contributed by atoms with Crippen molar-refractivity contribution in [3.05, 3.63) is 65.4 Å². The van der Waals surface area contributed by atoms with E-state index in [4.69, 9.17) is 4.74 Å². The van der Waals surface area contributed by atoms with Crippen LogP contribution in [-0.4, -0.2) is 51.0 Å². The number of H-pyrrole nitrogens is 1. The molecular weight excluding hydrogens is 382 g/mol. The Morgan fingerprint density at radius 1 is 1.17 bits per heavy atom. The van der Waals surface area contributed by atoms with Crippen molar-refractivity contribution in [2.24, 2.45) is 0 Å². The lowest BCUT2D eigenvalue weighted by Gasteiger charge is -2.26. The minimum absolute atomic E-state index is 0.00118. The first-order valence-corrected chi connectivity index (χ1v) is 10.2. The number of aliphatic hydroxyl groups excluding tert-OH is 1. The maximum atomic E-state index is 13.1. The van der Waals surface area contributed by atoms with Crippen molar-refractivity contribution in [1.82, 2.24) is 15.1 Å². The third-order valence-corrected chi connectivity index (χ3v) is 5.25. The lowest BCUT2D eigenvalue weighted by Crippen LogP contribution is -2.31. The predicted octanol–water partition coefficient (Wildman–Crippen LogP) is 3.50. The highest BCUT2D eigenvalue weighted by Crippen LogP contribution is 2.44. The number of aliphatic hydroxyl groups is 1. The number of carbonyl (C=O) groups excluding carboxylic acids is 1. The van der Waals surface area contributed by atoms with Gasteiger partial charge in [0.2, 0.25) is 0 Å². The highest BCUT2D eigenvalue weighted by molar-refractivity contribution is 6.00. The molecule has 7 heteroatoms. The van der Waals surface area contributed by atoms with Gasteiger partial charge < -0.3 is 19.8 Å². The van der Waals surface area contributed by atoms with E-state index >= 15 is 0 Å². The van der Waals surface area contributed by atoms with Gasteiger partial charge in [-0.2, -0.15) is 5.10 Å². The topological polar surface area (TPSA) is 98.7 Å². The molecule has 1 aliphatic heterocycles. The summed E-state index contributed by atoms with van der Waals surface area (Å²) in [7, 11) is 0. The van der Waals surface area contributed by atoms with Crippen molar-refractivity contribution in [2.45, 2.75) is 25.8 Å². The van der Waals surface area contributed by atoms with Gasteiger partial charge in [0.25, 0.3) is 5.91 Å². The van der Waals surface area contributed by atoms with Gasteiger partial charge in [-0.1, -0.05) is 31.2 Å². The molecular formula is C23H25N3O4. The normalized spacial score (nSPS) is 15.5. The summed E-state index contributed by atoms with van der Waals surface area (Å²) in [5, 5.41) is 26.9. The van der Waals surface area contributed by atoms with Crippen molar-refractivity contribution in [1.29, 1.82) is 0 Å². The molecule has 0 saturated carbocycles. The SMILES string of the molecule is CCCOc1ccc([C@H]2c3c(-c4ccccc4O)n[nH]c3C(=O)N2CCCO)cc1. The second-order valence-electron chi connectivity index (χ2n) is 7.27. The number of nitrogens with one attached hydrogen (secondary N) is 1. The Labute approximate surface area is 174 Å². The van der Waals surface area contributed by atoms with Crippen LogP contribution in [0, 0.1) is 0 Å². The van der Waals surface area contributed by atoms with E-state index < -0.39 is 0 Å². The Morgan fingerprint density at radius 2 is 1.93 bits per heavy atom. The molecule has 30 heavy (non-hydrogen) atoms. The predicted molar refractivity (Wildman–Crippen MR) is 112 cm³/mol. The van der Waals surface area contributed by atoms with Crippen molar-refractivity contribution in [2.75, 3.05) is 19.8 Å². The van der Waals surface area contributed by atoms with E-state index in [9.17, 15) is 15.0 Å². The standard InChI is InChI=1S/C23H25N3O4/c1-2-14-30-16-10-8-15(9-11-16)22-19-20(17-6-3-4-7-18(17)28)24-25-21(19)23(29)26(22)12-5-13-27/h3-4,6-11,22,27-28H,2,5,12-14H2,1H3,(H,24,25)/t22-/m0/s1. The molecule has 1 aromatic heterocycles. The van der Waals surface area contributed by atoms with Crippen LogP contribution < -0.4 is 4.74 Å². The van der Waals surface area contributed by atoms with E-state index in [0.717, 1.165) is 23.3 Å². The summed E-state index contributed by atoms with van der Waals surface area (Å²) < 4.78 is 5.68. The molecule has 0 fully saturated rings. The lowest BCUT2D eigenvalue weighted by atomic mass is 9.95. The number of phenols is 1. The number of rotatable bonds is 8. The van der Waals surface area contributed by atoms with Crippen LogP contribution in [0.2, 0.25) is 0 Å². The molecule has 1 amide bonds. The van der Waals surface area contributed by atoms with Crippen LogP contribution in [0.1, 0.15) is 47.4 Å². The van der Waals surface area contributed by atoms with Crippen LogP contribution in [0.25, 0.3) is 11.3 Å². The van der Waals surface area contributed by atoms with Gasteiger partial charge in [-0.3, -0.25) is 9.89 Å². The number of nitrogens with zero attached hydrogens (tertiary/aromatic N) is 2. The first-order chi connectivity index (χ1) is 14.7. The molecule has 1 atom stereocenters. The first kappa shape index (κ1) is 20.0. The summed E-state index contributed by atoms with van der Waals surface area (Å²) in [6.07, 6.45) is 1.40. The van der Waals surface area contributed by atoms with Crippen molar-refractivity contribution < 1.29 is 19.7 Å². The second-order valence-corrected chi connectivity index (χ2v) is 7.27. The lowest BCUT2D eigenvalue weighted by molar-refractivity contribution is 0.0732. The molecule has 3 aromatic rings. The van der Waals surface area contributed by atoms with Gasteiger partial charge in [-0.25, -0.2) is 0 Å². The van der Waals surface area contributed by atoms with Crippen LogP contribution >= 0.6 is 0 Å². The zero-order valence-electron chi connectivity index (χ0n) is 16.8. The molecule has 2 heterocycles. The van der Waals surface area contributed by atoms with Gasteiger partial charge in [0.05, 0.1) is 12.6 Å². The molecule has 2 aromatic carbocycles. The zero-order chi connectivity index (χ0) is 21.1. The van der Waals surface area contributed by atoms with E-state index in [1.807, 2.05) is 30.3 Å². The van der Waals surface area contributed by atoms with E-state index in [0.29, 0.717) is 36.5 Å². The van der Waals surface area contributed by atoms with Crippen LogP contribution in [0.5, 0.6) is 11.5 Å². The van der Waals surface area contributed by atoms with Gasteiger partial charge in [0.15, 0.2) is 0 Å². The number of para-hydroxylation sites is 1. The number of aromatic nitrogens is 2. The van der Waals surface area contributed by atoms with E-state index in [-0.39, 0.29) is 24.3 Å². The van der Waals surface area contributed by atoms with E-state index in [2.05, 4.69) is 17.1 Å². The molecule has 0 bridgehead atoms. The van der Waals surface area contributed by atoms with Crippen LogP contribution in [0.3, 0.4) is 0 Å². The summed E-state index contributed by atoms with van der Waals surface area (Å²) in [5.74, 6) is 0.722. The molecule has 0 spiro atoms. The van der Waals surface area contributed by atoms with E-state index in [1.54, 1.807) is 23.1 Å². The number of hydrogen-bond donors (Lipinski definition) is 3. The van der Waals surface area contributed by atoms with Crippen molar-refractivity contribution in [3.8, 4) is 22.8 Å². The molecule has 7 nitrogen and oxygen atoms in total. The average molecular weight is 407 g/mol. The molecule has 1 aliphatic rings. The van der Waals surface area contributed by atoms with Crippen LogP contribution in [0.4, 0.5) is 0 Å². The maximum absolute atomic E-state index is 13.1. The Balaban J connectivity index is 1.78. The van der Waals surface area contributed by atoms with E-state index in [1.165, 1.54) is 0 Å². The van der Waals surface area contributed by atoms with Crippen LogP contribution in [-0.2, 0) is 0 Å². The fraction of sp³-hybridized carbons (Fsp3) is 0.304. The van der Waals surface area contributed by atoms with Gasteiger partial charge >= 0.3 is 0 Å². The minimum atomic E-state index is -0.368. The fourth-order valence-corrected chi connectivity index (χ4v) is 3.86. The van der Waals surface area contributed by atoms with Gasteiger partial charge in [0.1, 0.15) is 22.9 Å². The number of benzene rings is 2. The Hall–Kier alpha value is -3.32. The number of carbonyl (C=O) groups is 1. The maximum Gasteiger partial charge on any atom is 0.273 e. The summed E-state index contributed by atoms with van der Waals surface area (Å²) in [4.78, 5) is 14.9. The molecule has 156 valence electrons. The average Bonchev–Trinajstić information content (AvgIpc) is 3.30. The van der Waals surface area contributed by atoms with Crippen LogP contribution in [0.15, 0.2) is 48.5 Å². The Kier molecular flexibility index (Phi) is 5.72. The highest BCUT2D eigenvalue weighted by atomic mass is 16.5. The third-order valence-electron chi connectivity index (χ3n) is 5.25. The molecule has 0 radical (unpaired) electrons. The Bertz CT molecular complexity index is 1030. The molecule has 0 aliphatic carbocycles. The molecule has 0 saturated heterocycles. The second kappa shape index (κ2) is 8.59. The molecule has 0 unspecified atom stereocenters. The summed E-state index contributed by atoms with van der Waals surface area (Å²) >= 11 is 0. The zero-order valence-corrected chi connectivity index (χ0v) is 16.8. The minimum Gasteiger partial charge on any atom is -0.507 e.